The number of nitrogens with zero attached hydrogens (tertiary/aromatic N) is 1. The first-order chi connectivity index (χ1) is 13.5. The van der Waals surface area contributed by atoms with E-state index in [0.29, 0.717) is 26.3 Å². The number of rotatable bonds is 3. The zero-order valence-corrected chi connectivity index (χ0v) is 17.5. The predicted octanol–water partition coefficient (Wildman–Crippen LogP) is 4.35. The van der Waals surface area contributed by atoms with Crippen LogP contribution in [0.5, 0.6) is 11.5 Å². The molecule has 1 amide bonds. The standard InChI is InChI=1S/C22H27NO4S/c1-22(2)13-15(6-8-27-22)21(24)23-7-9-26-20-17(14-23)11-16(12-18(20)25-3)19-5-4-10-28-19/h4-5,10-12,15H,6-9,13-14H2,1-3H3. The van der Waals surface area contributed by atoms with Crippen molar-refractivity contribution in [1.82, 2.24) is 4.90 Å². The molecule has 0 spiro atoms. The Labute approximate surface area is 170 Å². The Balaban J connectivity index is 1.62. The van der Waals surface area contributed by atoms with Crippen LogP contribution in [0, 0.1) is 5.92 Å². The van der Waals surface area contributed by atoms with Gasteiger partial charge in [0.15, 0.2) is 11.5 Å². The highest BCUT2D eigenvalue weighted by molar-refractivity contribution is 7.13. The Morgan fingerprint density at radius 1 is 1.32 bits per heavy atom. The lowest BCUT2D eigenvalue weighted by Crippen LogP contribution is -2.43. The molecule has 0 N–H and O–H groups in total. The maximum absolute atomic E-state index is 13.3. The zero-order chi connectivity index (χ0) is 19.7. The third-order valence-corrected chi connectivity index (χ3v) is 6.40. The number of ether oxygens (including phenoxy) is 3. The van der Waals surface area contributed by atoms with E-state index in [2.05, 4.69) is 31.4 Å². The molecule has 5 nitrogen and oxygen atoms in total. The molecular weight excluding hydrogens is 374 g/mol. The molecule has 1 atom stereocenters. The molecule has 0 radical (unpaired) electrons. The summed E-state index contributed by atoms with van der Waals surface area (Å²) in [6, 6.07) is 8.28. The molecule has 6 heteroatoms. The lowest BCUT2D eigenvalue weighted by Gasteiger charge is -2.36. The van der Waals surface area contributed by atoms with E-state index in [0.717, 1.165) is 35.5 Å². The topological polar surface area (TPSA) is 48.0 Å². The second kappa shape index (κ2) is 7.76. The second-order valence-electron chi connectivity index (χ2n) is 8.05. The van der Waals surface area contributed by atoms with E-state index in [1.54, 1.807) is 18.4 Å². The molecule has 2 aliphatic rings. The van der Waals surface area contributed by atoms with Crippen LogP contribution >= 0.6 is 11.3 Å². The highest BCUT2D eigenvalue weighted by Gasteiger charge is 2.36. The molecule has 1 saturated heterocycles. The normalized spacial score (nSPS) is 21.4. The SMILES string of the molecule is COc1cc(-c2cccs2)cc2c1OCCN(C(=O)C1CCOC(C)(C)C1)C2. The quantitative estimate of drug-likeness (QED) is 0.767. The van der Waals surface area contributed by atoms with Gasteiger partial charge in [0.25, 0.3) is 0 Å². The van der Waals surface area contributed by atoms with Gasteiger partial charge in [-0.1, -0.05) is 6.07 Å². The molecule has 0 bridgehead atoms. The predicted molar refractivity (Wildman–Crippen MR) is 110 cm³/mol. The molecule has 3 heterocycles. The van der Waals surface area contributed by atoms with Crippen LogP contribution in [0.15, 0.2) is 29.6 Å². The lowest BCUT2D eigenvalue weighted by molar-refractivity contribution is -0.146. The number of amides is 1. The van der Waals surface area contributed by atoms with E-state index < -0.39 is 0 Å². The third-order valence-electron chi connectivity index (χ3n) is 5.48. The second-order valence-corrected chi connectivity index (χ2v) is 9.00. The number of methoxy groups -OCH3 is 1. The average molecular weight is 402 g/mol. The fourth-order valence-electron chi connectivity index (χ4n) is 4.11. The largest absolute Gasteiger partial charge is 0.493 e. The number of hydrogen-bond acceptors (Lipinski definition) is 5. The Bertz CT molecular complexity index is 846. The van der Waals surface area contributed by atoms with Crippen molar-refractivity contribution in [2.24, 2.45) is 5.92 Å². The lowest BCUT2D eigenvalue weighted by atomic mass is 9.87. The first-order valence-corrected chi connectivity index (χ1v) is 10.6. The number of fused-ring (bicyclic) bond motifs is 1. The van der Waals surface area contributed by atoms with Gasteiger partial charge in [-0.05, 0) is 55.8 Å². The van der Waals surface area contributed by atoms with Gasteiger partial charge < -0.3 is 19.1 Å². The van der Waals surface area contributed by atoms with Crippen LogP contribution in [0.1, 0.15) is 32.3 Å². The molecule has 0 saturated carbocycles. The monoisotopic (exact) mass is 401 g/mol. The van der Waals surface area contributed by atoms with E-state index in [9.17, 15) is 4.79 Å². The molecule has 1 aromatic carbocycles. The fraction of sp³-hybridized carbons (Fsp3) is 0.500. The Morgan fingerprint density at radius 3 is 2.89 bits per heavy atom. The van der Waals surface area contributed by atoms with Gasteiger partial charge in [0.1, 0.15) is 6.61 Å². The molecule has 1 aromatic heterocycles. The Hall–Kier alpha value is -2.05. The van der Waals surface area contributed by atoms with E-state index >= 15 is 0 Å². The summed E-state index contributed by atoms with van der Waals surface area (Å²) in [6.07, 6.45) is 1.54. The minimum absolute atomic E-state index is 0.00711. The maximum atomic E-state index is 13.3. The molecule has 2 aromatic rings. The Kier molecular flexibility index (Phi) is 5.34. The first kappa shape index (κ1) is 19.3. The number of carbonyl (C=O) groups excluding carboxylic acids is 1. The van der Waals surface area contributed by atoms with Gasteiger partial charge >= 0.3 is 0 Å². The minimum atomic E-state index is -0.242. The molecule has 1 fully saturated rings. The fourth-order valence-corrected chi connectivity index (χ4v) is 4.82. The summed E-state index contributed by atoms with van der Waals surface area (Å²) >= 11 is 1.69. The van der Waals surface area contributed by atoms with Crippen molar-refractivity contribution in [3.63, 3.8) is 0 Å². The van der Waals surface area contributed by atoms with Crippen molar-refractivity contribution in [2.45, 2.75) is 38.8 Å². The molecule has 0 aliphatic carbocycles. The van der Waals surface area contributed by atoms with Crippen molar-refractivity contribution in [3.05, 3.63) is 35.2 Å². The maximum Gasteiger partial charge on any atom is 0.226 e. The Morgan fingerprint density at radius 2 is 2.18 bits per heavy atom. The van der Waals surface area contributed by atoms with E-state index in [1.165, 1.54) is 4.88 Å². The van der Waals surface area contributed by atoms with Crippen LogP contribution in [0.4, 0.5) is 0 Å². The zero-order valence-electron chi connectivity index (χ0n) is 16.7. The summed E-state index contributed by atoms with van der Waals surface area (Å²) in [5.74, 6) is 1.69. The molecule has 28 heavy (non-hydrogen) atoms. The summed E-state index contributed by atoms with van der Waals surface area (Å²) in [7, 11) is 1.66. The van der Waals surface area contributed by atoms with E-state index in [4.69, 9.17) is 14.2 Å². The van der Waals surface area contributed by atoms with Crippen molar-refractivity contribution < 1.29 is 19.0 Å². The van der Waals surface area contributed by atoms with Gasteiger partial charge in [0.05, 0.1) is 19.3 Å². The van der Waals surface area contributed by atoms with Gasteiger partial charge in [0.2, 0.25) is 5.91 Å². The van der Waals surface area contributed by atoms with Crippen molar-refractivity contribution in [3.8, 4) is 21.9 Å². The summed E-state index contributed by atoms with van der Waals surface area (Å²) in [4.78, 5) is 16.4. The summed E-state index contributed by atoms with van der Waals surface area (Å²) in [5.41, 5.74) is 1.85. The molecule has 1 unspecified atom stereocenters. The van der Waals surface area contributed by atoms with Gasteiger partial charge in [-0.25, -0.2) is 0 Å². The van der Waals surface area contributed by atoms with Crippen LogP contribution in [0.25, 0.3) is 10.4 Å². The summed E-state index contributed by atoms with van der Waals surface area (Å²) in [5, 5.41) is 2.06. The van der Waals surface area contributed by atoms with Gasteiger partial charge in [0, 0.05) is 29.5 Å². The van der Waals surface area contributed by atoms with Crippen LogP contribution in [0.2, 0.25) is 0 Å². The number of thiophene rings is 1. The van der Waals surface area contributed by atoms with Gasteiger partial charge in [-0.15, -0.1) is 11.3 Å². The first-order valence-electron chi connectivity index (χ1n) is 9.77. The number of carbonyl (C=O) groups is 1. The van der Waals surface area contributed by atoms with Crippen LogP contribution in [0.3, 0.4) is 0 Å². The number of benzene rings is 1. The van der Waals surface area contributed by atoms with Crippen LogP contribution < -0.4 is 9.47 Å². The van der Waals surface area contributed by atoms with Gasteiger partial charge in [-0.3, -0.25) is 4.79 Å². The van der Waals surface area contributed by atoms with E-state index in [-0.39, 0.29) is 17.4 Å². The molecular formula is C22H27NO4S. The summed E-state index contributed by atoms with van der Waals surface area (Å²) < 4.78 is 17.4. The van der Waals surface area contributed by atoms with Crippen molar-refractivity contribution in [2.75, 3.05) is 26.9 Å². The third kappa shape index (κ3) is 3.89. The average Bonchev–Trinajstić information content (AvgIpc) is 3.12. The van der Waals surface area contributed by atoms with Crippen molar-refractivity contribution in [1.29, 1.82) is 0 Å². The number of hydrogen-bond donors (Lipinski definition) is 0. The molecule has 2 aliphatic heterocycles. The van der Waals surface area contributed by atoms with E-state index in [1.807, 2.05) is 17.0 Å². The van der Waals surface area contributed by atoms with Gasteiger partial charge in [-0.2, -0.15) is 0 Å². The van der Waals surface area contributed by atoms with Crippen LogP contribution in [-0.4, -0.2) is 43.3 Å². The highest BCUT2D eigenvalue weighted by Crippen LogP contribution is 2.40. The molecule has 4 rings (SSSR count). The smallest absolute Gasteiger partial charge is 0.226 e. The highest BCUT2D eigenvalue weighted by atomic mass is 32.1. The van der Waals surface area contributed by atoms with Crippen molar-refractivity contribution >= 4 is 17.2 Å². The summed E-state index contributed by atoms with van der Waals surface area (Å²) in [6.45, 7) is 6.36. The van der Waals surface area contributed by atoms with Crippen LogP contribution in [-0.2, 0) is 16.1 Å². The minimum Gasteiger partial charge on any atom is -0.493 e. The molecule has 150 valence electrons.